The van der Waals surface area contributed by atoms with Crippen LogP contribution in [0.5, 0.6) is 0 Å². The summed E-state index contributed by atoms with van der Waals surface area (Å²) in [6.45, 7) is 1.24. The lowest BCUT2D eigenvalue weighted by Gasteiger charge is -2.18. The fourth-order valence-electron chi connectivity index (χ4n) is 2.61. The van der Waals surface area contributed by atoms with Crippen molar-refractivity contribution in [2.24, 2.45) is 0 Å². The van der Waals surface area contributed by atoms with Gasteiger partial charge in [-0.3, -0.25) is 14.7 Å². The molecule has 8 nitrogen and oxygen atoms in total. The van der Waals surface area contributed by atoms with E-state index in [1.807, 2.05) is 30.3 Å². The van der Waals surface area contributed by atoms with Crippen molar-refractivity contribution in [2.45, 2.75) is 6.42 Å². The topological polar surface area (TPSA) is 110 Å². The van der Waals surface area contributed by atoms with Crippen LogP contribution in [0.2, 0.25) is 0 Å². The van der Waals surface area contributed by atoms with Crippen LogP contribution in [-0.4, -0.2) is 51.6 Å². The smallest absolute Gasteiger partial charge is 0.324 e. The third-order valence-electron chi connectivity index (χ3n) is 3.93. The molecule has 1 fully saturated rings. The minimum atomic E-state index is -0.917. The number of anilines is 1. The molecule has 25 heavy (non-hydrogen) atoms. The average molecular weight is 337 g/mol. The van der Waals surface area contributed by atoms with Crippen LogP contribution in [0, 0.1) is 11.3 Å². The molecular formula is C17H15N5O3. The maximum absolute atomic E-state index is 12.3. The van der Waals surface area contributed by atoms with E-state index in [4.69, 9.17) is 10.4 Å². The van der Waals surface area contributed by atoms with Crippen LogP contribution in [-0.2, 0) is 4.79 Å². The molecule has 8 heteroatoms. The minimum absolute atomic E-state index is 0.0596. The summed E-state index contributed by atoms with van der Waals surface area (Å²) in [6, 6.07) is 9.02. The molecule has 0 aliphatic carbocycles. The summed E-state index contributed by atoms with van der Waals surface area (Å²) in [5.74, 6) is -0.917. The predicted octanol–water partition coefficient (Wildman–Crippen LogP) is 1.73. The Bertz CT molecular complexity index is 827. The SMILES string of the molecule is N#Cc1cnc(-c2ccc(N3CCN(CCC(=O)O)C3=O)cc2)cn1. The largest absolute Gasteiger partial charge is 0.481 e. The van der Waals surface area contributed by atoms with Gasteiger partial charge in [-0.15, -0.1) is 0 Å². The van der Waals surface area contributed by atoms with Gasteiger partial charge in [-0.1, -0.05) is 12.1 Å². The summed E-state index contributed by atoms with van der Waals surface area (Å²) < 4.78 is 0. The molecule has 0 spiro atoms. The first-order valence-corrected chi connectivity index (χ1v) is 7.69. The number of carboxylic acids is 1. The molecule has 1 aliphatic rings. The zero-order valence-electron chi connectivity index (χ0n) is 13.3. The second kappa shape index (κ2) is 6.97. The summed E-state index contributed by atoms with van der Waals surface area (Å²) in [5.41, 5.74) is 2.47. The first kappa shape index (κ1) is 16.4. The van der Waals surface area contributed by atoms with E-state index >= 15 is 0 Å². The Hall–Kier alpha value is -3.47. The van der Waals surface area contributed by atoms with Crippen LogP contribution >= 0.6 is 0 Å². The Labute approximate surface area is 144 Å². The van der Waals surface area contributed by atoms with Gasteiger partial charge in [0.25, 0.3) is 0 Å². The van der Waals surface area contributed by atoms with Crippen molar-refractivity contribution in [3.05, 3.63) is 42.4 Å². The zero-order chi connectivity index (χ0) is 17.8. The van der Waals surface area contributed by atoms with Crippen LogP contribution in [0.25, 0.3) is 11.3 Å². The number of aliphatic carboxylic acids is 1. The molecule has 0 atom stereocenters. The van der Waals surface area contributed by atoms with E-state index in [2.05, 4.69) is 9.97 Å². The third-order valence-corrected chi connectivity index (χ3v) is 3.93. The van der Waals surface area contributed by atoms with Gasteiger partial charge in [0, 0.05) is 30.9 Å². The van der Waals surface area contributed by atoms with E-state index in [-0.39, 0.29) is 24.7 Å². The molecule has 0 saturated carbocycles. The van der Waals surface area contributed by atoms with Gasteiger partial charge in [0.15, 0.2) is 5.69 Å². The Morgan fingerprint density at radius 2 is 1.96 bits per heavy atom. The van der Waals surface area contributed by atoms with Crippen LogP contribution in [0.1, 0.15) is 12.1 Å². The highest BCUT2D eigenvalue weighted by atomic mass is 16.4. The van der Waals surface area contributed by atoms with E-state index in [1.165, 1.54) is 17.3 Å². The summed E-state index contributed by atoms with van der Waals surface area (Å²) >= 11 is 0. The number of rotatable bonds is 5. The van der Waals surface area contributed by atoms with Gasteiger partial charge in [-0.2, -0.15) is 5.26 Å². The third kappa shape index (κ3) is 3.55. The van der Waals surface area contributed by atoms with Gasteiger partial charge in [0.05, 0.1) is 24.5 Å². The fraction of sp³-hybridized carbons (Fsp3) is 0.235. The average Bonchev–Trinajstić information content (AvgIpc) is 3.01. The van der Waals surface area contributed by atoms with Crippen molar-refractivity contribution in [3.63, 3.8) is 0 Å². The summed E-state index contributed by atoms with van der Waals surface area (Å²) in [6.07, 6.45) is 2.88. The Balaban J connectivity index is 1.71. The van der Waals surface area contributed by atoms with Gasteiger partial charge in [-0.25, -0.2) is 9.78 Å². The predicted molar refractivity (Wildman–Crippen MR) is 88.8 cm³/mol. The maximum Gasteiger partial charge on any atom is 0.324 e. The molecule has 0 radical (unpaired) electrons. The van der Waals surface area contributed by atoms with E-state index in [9.17, 15) is 9.59 Å². The van der Waals surface area contributed by atoms with E-state index < -0.39 is 5.97 Å². The quantitative estimate of drug-likeness (QED) is 0.889. The Morgan fingerprint density at radius 1 is 1.20 bits per heavy atom. The highest BCUT2D eigenvalue weighted by Crippen LogP contribution is 2.24. The summed E-state index contributed by atoms with van der Waals surface area (Å²) in [5, 5.41) is 17.5. The molecule has 2 amide bonds. The number of nitriles is 1. The molecule has 1 aliphatic heterocycles. The number of nitrogens with zero attached hydrogens (tertiary/aromatic N) is 5. The second-order valence-electron chi connectivity index (χ2n) is 5.51. The molecule has 1 N–H and O–H groups in total. The second-order valence-corrected chi connectivity index (χ2v) is 5.51. The number of benzene rings is 1. The molecular weight excluding hydrogens is 322 g/mol. The molecule has 2 heterocycles. The van der Waals surface area contributed by atoms with Gasteiger partial charge in [0.2, 0.25) is 0 Å². The van der Waals surface area contributed by atoms with Crippen molar-refractivity contribution in [2.75, 3.05) is 24.5 Å². The minimum Gasteiger partial charge on any atom is -0.481 e. The summed E-state index contributed by atoms with van der Waals surface area (Å²) in [7, 11) is 0. The lowest BCUT2D eigenvalue weighted by atomic mass is 10.1. The number of carboxylic acid groups (broad SMARTS) is 1. The first-order chi connectivity index (χ1) is 12.1. The monoisotopic (exact) mass is 337 g/mol. The van der Waals surface area contributed by atoms with Crippen molar-refractivity contribution in [1.29, 1.82) is 5.26 Å². The summed E-state index contributed by atoms with van der Waals surface area (Å²) in [4.78, 5) is 34.3. The fourth-order valence-corrected chi connectivity index (χ4v) is 2.61. The molecule has 0 bridgehead atoms. The van der Waals surface area contributed by atoms with Gasteiger partial charge in [0.1, 0.15) is 6.07 Å². The molecule has 1 aromatic carbocycles. The number of carbonyl (C=O) groups excluding carboxylic acids is 1. The number of carbonyl (C=O) groups is 2. The van der Waals surface area contributed by atoms with Crippen molar-refractivity contribution in [1.82, 2.24) is 14.9 Å². The maximum atomic E-state index is 12.3. The van der Waals surface area contributed by atoms with E-state index in [0.717, 1.165) is 11.3 Å². The molecule has 1 saturated heterocycles. The molecule has 3 rings (SSSR count). The Morgan fingerprint density at radius 3 is 2.56 bits per heavy atom. The number of hydrogen-bond acceptors (Lipinski definition) is 5. The van der Waals surface area contributed by atoms with Crippen LogP contribution in [0.4, 0.5) is 10.5 Å². The number of amides is 2. The number of aromatic nitrogens is 2. The van der Waals surface area contributed by atoms with E-state index in [0.29, 0.717) is 18.8 Å². The molecule has 2 aromatic rings. The molecule has 126 valence electrons. The standard InChI is InChI=1S/C17H15N5O3/c18-9-13-10-20-15(11-19-13)12-1-3-14(4-2-12)22-8-7-21(17(22)25)6-5-16(23)24/h1-4,10-11H,5-8H2,(H,23,24). The Kier molecular flexibility index (Phi) is 4.57. The van der Waals surface area contributed by atoms with Crippen LogP contribution in [0.15, 0.2) is 36.7 Å². The molecule has 1 aromatic heterocycles. The lowest BCUT2D eigenvalue weighted by molar-refractivity contribution is -0.137. The molecule has 0 unspecified atom stereocenters. The van der Waals surface area contributed by atoms with E-state index in [1.54, 1.807) is 4.90 Å². The highest BCUT2D eigenvalue weighted by molar-refractivity contribution is 5.94. The first-order valence-electron chi connectivity index (χ1n) is 7.69. The highest BCUT2D eigenvalue weighted by Gasteiger charge is 2.29. The zero-order valence-corrected chi connectivity index (χ0v) is 13.3. The number of urea groups is 1. The normalized spacial score (nSPS) is 13.8. The van der Waals surface area contributed by atoms with Crippen molar-refractivity contribution >= 4 is 17.7 Å². The van der Waals surface area contributed by atoms with Crippen molar-refractivity contribution < 1.29 is 14.7 Å². The van der Waals surface area contributed by atoms with Crippen LogP contribution < -0.4 is 4.90 Å². The van der Waals surface area contributed by atoms with Gasteiger partial charge < -0.3 is 10.0 Å². The van der Waals surface area contributed by atoms with Gasteiger partial charge >= 0.3 is 12.0 Å². The van der Waals surface area contributed by atoms with Crippen LogP contribution in [0.3, 0.4) is 0 Å². The lowest BCUT2D eigenvalue weighted by Crippen LogP contribution is -2.33. The number of hydrogen-bond donors (Lipinski definition) is 1. The van der Waals surface area contributed by atoms with Gasteiger partial charge in [-0.05, 0) is 12.1 Å². The van der Waals surface area contributed by atoms with Crippen molar-refractivity contribution in [3.8, 4) is 17.3 Å².